The van der Waals surface area contributed by atoms with E-state index in [1.165, 1.54) is 7.11 Å². The molecule has 1 heterocycles. The van der Waals surface area contributed by atoms with Gasteiger partial charge in [-0.1, -0.05) is 11.6 Å². The van der Waals surface area contributed by atoms with Gasteiger partial charge in [0.15, 0.2) is 0 Å². The molecule has 0 aliphatic carbocycles. The van der Waals surface area contributed by atoms with E-state index in [2.05, 4.69) is 15.0 Å². The van der Waals surface area contributed by atoms with Crippen molar-refractivity contribution < 1.29 is 14.3 Å². The van der Waals surface area contributed by atoms with Gasteiger partial charge >= 0.3 is 6.09 Å². The number of hydrogen-bond acceptors (Lipinski definition) is 5. The molecule has 0 atom stereocenters. The number of ether oxygens (including phenoxy) is 2. The molecular weight excluding hydrogens is 348 g/mol. The maximum atomic E-state index is 11.3. The molecule has 24 heavy (non-hydrogen) atoms. The van der Waals surface area contributed by atoms with E-state index in [9.17, 15) is 4.79 Å². The maximum absolute atomic E-state index is 11.3. The lowest BCUT2D eigenvalue weighted by molar-refractivity contribution is 0.187. The van der Waals surface area contributed by atoms with Gasteiger partial charge in [-0.15, -0.1) is 11.3 Å². The van der Waals surface area contributed by atoms with Crippen LogP contribution in [0, 0.1) is 6.92 Å². The Kier molecular flexibility index (Phi) is 4.87. The van der Waals surface area contributed by atoms with Crippen LogP contribution in [0.4, 0.5) is 10.5 Å². The number of hydrogen-bond donors (Lipinski definition) is 1. The van der Waals surface area contributed by atoms with Crippen molar-refractivity contribution in [2.75, 3.05) is 12.4 Å². The minimum absolute atomic E-state index is 0.375. The summed E-state index contributed by atoms with van der Waals surface area (Å²) in [4.78, 5) is 15.8. The van der Waals surface area contributed by atoms with Crippen LogP contribution in [-0.2, 0) is 11.3 Å². The van der Waals surface area contributed by atoms with Crippen molar-refractivity contribution in [1.29, 1.82) is 0 Å². The minimum atomic E-state index is -0.500. The van der Waals surface area contributed by atoms with E-state index in [-0.39, 0.29) is 0 Å². The number of anilines is 1. The van der Waals surface area contributed by atoms with E-state index in [4.69, 9.17) is 16.3 Å². The van der Waals surface area contributed by atoms with Crippen molar-refractivity contribution in [3.8, 4) is 5.75 Å². The molecule has 0 saturated carbocycles. The van der Waals surface area contributed by atoms with Crippen molar-refractivity contribution in [2.45, 2.75) is 13.5 Å². The number of nitrogens with zero attached hydrogens (tertiary/aromatic N) is 1. The predicted molar refractivity (Wildman–Crippen MR) is 96.2 cm³/mol. The Morgan fingerprint density at radius 3 is 2.88 bits per heavy atom. The fourth-order valence-corrected chi connectivity index (χ4v) is 3.21. The number of carbonyl (C=O) groups excluding carboxylic acids is 1. The zero-order valence-corrected chi connectivity index (χ0v) is 14.7. The lowest BCUT2D eigenvalue weighted by Gasteiger charge is -2.10. The highest BCUT2D eigenvalue weighted by molar-refractivity contribution is 7.18. The van der Waals surface area contributed by atoms with E-state index < -0.39 is 6.09 Å². The second-order valence-electron chi connectivity index (χ2n) is 5.10. The second kappa shape index (κ2) is 7.07. The Balaban J connectivity index is 1.69. The molecule has 5 nitrogen and oxygen atoms in total. The third kappa shape index (κ3) is 3.77. The fraction of sp³-hybridized carbons (Fsp3) is 0.176. The normalized spacial score (nSPS) is 10.6. The van der Waals surface area contributed by atoms with E-state index in [1.54, 1.807) is 23.5 Å². The van der Waals surface area contributed by atoms with Crippen LogP contribution >= 0.6 is 22.9 Å². The highest BCUT2D eigenvalue weighted by Gasteiger charge is 2.08. The van der Waals surface area contributed by atoms with Crippen LogP contribution in [0.5, 0.6) is 5.75 Å². The Bertz CT molecular complexity index is 895. The summed E-state index contributed by atoms with van der Waals surface area (Å²) in [5.74, 6) is 0.709. The zero-order valence-electron chi connectivity index (χ0n) is 13.1. The quantitative estimate of drug-likeness (QED) is 0.708. The Labute approximate surface area is 148 Å². The van der Waals surface area contributed by atoms with Crippen LogP contribution in [0.25, 0.3) is 10.2 Å². The van der Waals surface area contributed by atoms with Crippen LogP contribution in [0.2, 0.25) is 5.02 Å². The monoisotopic (exact) mass is 362 g/mol. The average molecular weight is 363 g/mol. The smallest absolute Gasteiger partial charge is 0.411 e. The van der Waals surface area contributed by atoms with E-state index in [0.29, 0.717) is 23.1 Å². The van der Waals surface area contributed by atoms with Crippen LogP contribution in [0.3, 0.4) is 0 Å². The maximum Gasteiger partial charge on any atom is 0.411 e. The SMILES string of the molecule is COC(=O)Nc1ccc(OCc2nc3cc(Cl)ccc3s2)cc1C. The molecule has 124 valence electrons. The molecule has 3 aromatic rings. The number of aryl methyl sites for hydroxylation is 1. The standard InChI is InChI=1S/C17H15ClN2O3S/c1-10-7-12(4-5-13(10)20-17(21)22-2)23-9-16-19-14-8-11(18)3-6-15(14)24-16/h3-8H,9H2,1-2H3,(H,20,21). The van der Waals surface area contributed by atoms with Gasteiger partial charge in [-0.05, 0) is 48.9 Å². The molecule has 7 heteroatoms. The zero-order chi connectivity index (χ0) is 17.1. The Hall–Kier alpha value is -2.31. The van der Waals surface area contributed by atoms with E-state index in [1.807, 2.05) is 31.2 Å². The van der Waals surface area contributed by atoms with Crippen molar-refractivity contribution in [2.24, 2.45) is 0 Å². The number of nitrogens with one attached hydrogen (secondary N) is 1. The molecule has 0 aliphatic heterocycles. The summed E-state index contributed by atoms with van der Waals surface area (Å²) in [6.07, 6.45) is -0.500. The lowest BCUT2D eigenvalue weighted by atomic mass is 10.2. The fourth-order valence-electron chi connectivity index (χ4n) is 2.18. The molecule has 3 rings (SSSR count). The molecule has 1 amide bonds. The topological polar surface area (TPSA) is 60.5 Å². The summed E-state index contributed by atoms with van der Waals surface area (Å²) in [5, 5.41) is 4.19. The van der Waals surface area contributed by atoms with Gasteiger partial charge in [0, 0.05) is 10.7 Å². The van der Waals surface area contributed by atoms with Crippen LogP contribution < -0.4 is 10.1 Å². The first-order chi connectivity index (χ1) is 11.5. The van der Waals surface area contributed by atoms with Gasteiger partial charge in [0.1, 0.15) is 17.4 Å². The number of carbonyl (C=O) groups is 1. The Morgan fingerprint density at radius 1 is 1.29 bits per heavy atom. The second-order valence-corrected chi connectivity index (χ2v) is 6.65. The van der Waals surface area contributed by atoms with Crippen LogP contribution in [0.1, 0.15) is 10.6 Å². The molecule has 0 fully saturated rings. The molecule has 2 aromatic carbocycles. The molecule has 0 bridgehead atoms. The number of halogens is 1. The molecular formula is C17H15ClN2O3S. The predicted octanol–water partition coefficient (Wildman–Crippen LogP) is 5.02. The van der Waals surface area contributed by atoms with Crippen molar-refractivity contribution >= 4 is 44.9 Å². The first kappa shape index (κ1) is 16.5. The molecule has 1 aromatic heterocycles. The van der Waals surface area contributed by atoms with Gasteiger partial charge < -0.3 is 9.47 Å². The van der Waals surface area contributed by atoms with Gasteiger partial charge in [0.2, 0.25) is 0 Å². The highest BCUT2D eigenvalue weighted by atomic mass is 35.5. The van der Waals surface area contributed by atoms with Gasteiger partial charge in [-0.25, -0.2) is 9.78 Å². The van der Waals surface area contributed by atoms with Crippen LogP contribution in [-0.4, -0.2) is 18.2 Å². The summed E-state index contributed by atoms with van der Waals surface area (Å²) in [7, 11) is 1.33. The average Bonchev–Trinajstić information content (AvgIpc) is 2.97. The molecule has 0 spiro atoms. The van der Waals surface area contributed by atoms with Gasteiger partial charge in [0.25, 0.3) is 0 Å². The third-order valence-corrected chi connectivity index (χ3v) is 4.62. The van der Waals surface area contributed by atoms with Crippen LogP contribution in [0.15, 0.2) is 36.4 Å². The third-order valence-electron chi connectivity index (χ3n) is 3.38. The summed E-state index contributed by atoms with van der Waals surface area (Å²) < 4.78 is 11.5. The number of methoxy groups -OCH3 is 1. The van der Waals surface area contributed by atoms with Crippen molar-refractivity contribution in [3.05, 3.63) is 52.0 Å². The molecule has 0 saturated heterocycles. The van der Waals surface area contributed by atoms with E-state index in [0.717, 1.165) is 20.8 Å². The number of rotatable bonds is 4. The first-order valence-electron chi connectivity index (χ1n) is 7.18. The minimum Gasteiger partial charge on any atom is -0.486 e. The van der Waals surface area contributed by atoms with Crippen molar-refractivity contribution in [3.63, 3.8) is 0 Å². The number of aromatic nitrogens is 1. The van der Waals surface area contributed by atoms with Gasteiger partial charge in [-0.3, -0.25) is 5.32 Å². The molecule has 1 N–H and O–H groups in total. The largest absolute Gasteiger partial charge is 0.486 e. The molecule has 0 aliphatic rings. The number of benzene rings is 2. The number of amides is 1. The van der Waals surface area contributed by atoms with Gasteiger partial charge in [-0.2, -0.15) is 0 Å². The summed E-state index contributed by atoms with van der Waals surface area (Å²) in [6.45, 7) is 2.26. The molecule has 0 unspecified atom stereocenters. The number of fused-ring (bicyclic) bond motifs is 1. The summed E-state index contributed by atoms with van der Waals surface area (Å²) in [5.41, 5.74) is 2.44. The summed E-state index contributed by atoms with van der Waals surface area (Å²) >= 11 is 7.55. The number of thiazole rings is 1. The highest BCUT2D eigenvalue weighted by Crippen LogP contribution is 2.27. The van der Waals surface area contributed by atoms with E-state index >= 15 is 0 Å². The Morgan fingerprint density at radius 2 is 2.12 bits per heavy atom. The van der Waals surface area contributed by atoms with Crippen molar-refractivity contribution in [1.82, 2.24) is 4.98 Å². The summed E-state index contributed by atoms with van der Waals surface area (Å²) in [6, 6.07) is 11.1. The molecule has 0 radical (unpaired) electrons. The van der Waals surface area contributed by atoms with Gasteiger partial charge in [0.05, 0.1) is 17.3 Å². The lowest BCUT2D eigenvalue weighted by Crippen LogP contribution is -2.11. The first-order valence-corrected chi connectivity index (χ1v) is 8.38.